The predicted octanol–water partition coefficient (Wildman–Crippen LogP) is 3.12. The van der Waals surface area contributed by atoms with Crippen molar-refractivity contribution in [3.05, 3.63) is 28.5 Å². The second-order valence-electron chi connectivity index (χ2n) is 4.15. The molecule has 4 N–H and O–H groups in total. The van der Waals surface area contributed by atoms with Gasteiger partial charge in [-0.15, -0.1) is 11.3 Å². The minimum absolute atomic E-state index is 0.253. The first-order chi connectivity index (χ1) is 9.22. The van der Waals surface area contributed by atoms with Crippen molar-refractivity contribution >= 4 is 28.9 Å². The van der Waals surface area contributed by atoms with Gasteiger partial charge in [0.2, 0.25) is 5.95 Å². The van der Waals surface area contributed by atoms with Crippen molar-refractivity contribution in [1.29, 1.82) is 0 Å². The number of hydrogen-bond acceptors (Lipinski definition) is 6. The Kier molecular flexibility index (Phi) is 4.57. The van der Waals surface area contributed by atoms with Crippen LogP contribution in [0.4, 0.5) is 17.6 Å². The number of rotatable bonds is 6. The quantitative estimate of drug-likeness (QED) is 0.756. The van der Waals surface area contributed by atoms with E-state index in [2.05, 4.69) is 45.0 Å². The van der Waals surface area contributed by atoms with E-state index in [0.29, 0.717) is 0 Å². The molecule has 0 bridgehead atoms. The first-order valence-corrected chi connectivity index (χ1v) is 7.29. The number of nitrogens with zero attached hydrogens (tertiary/aromatic N) is 2. The summed E-state index contributed by atoms with van der Waals surface area (Å²) in [6.07, 6.45) is 0.987. The van der Waals surface area contributed by atoms with E-state index in [1.807, 2.05) is 13.0 Å². The zero-order valence-corrected chi connectivity index (χ0v) is 12.0. The lowest BCUT2D eigenvalue weighted by Gasteiger charge is -2.17. The van der Waals surface area contributed by atoms with E-state index in [4.69, 9.17) is 5.73 Å². The van der Waals surface area contributed by atoms with Crippen molar-refractivity contribution < 1.29 is 0 Å². The van der Waals surface area contributed by atoms with Gasteiger partial charge in [-0.05, 0) is 24.8 Å². The molecule has 0 radical (unpaired) electrons. The van der Waals surface area contributed by atoms with Gasteiger partial charge in [-0.3, -0.25) is 0 Å². The maximum atomic E-state index is 5.73. The molecule has 0 spiro atoms. The normalized spacial score (nSPS) is 12.1. The van der Waals surface area contributed by atoms with Crippen molar-refractivity contribution in [2.24, 2.45) is 0 Å². The molecule has 2 heterocycles. The van der Waals surface area contributed by atoms with Gasteiger partial charge >= 0.3 is 0 Å². The molecular weight excluding hydrogens is 258 g/mol. The standard InChI is InChI=1S/C13H19N5S/c1-3-9(10-6-5-7-19-10)16-12-8-11(15-4-2)17-13(14)18-12/h5-9H,3-4H2,1-2H3,(H4,14,15,16,17,18). The highest BCUT2D eigenvalue weighted by atomic mass is 32.1. The Labute approximate surface area is 117 Å². The molecule has 5 nitrogen and oxygen atoms in total. The van der Waals surface area contributed by atoms with Crippen molar-refractivity contribution in [2.75, 3.05) is 22.9 Å². The summed E-state index contributed by atoms with van der Waals surface area (Å²) in [7, 11) is 0. The largest absolute Gasteiger partial charge is 0.370 e. The molecule has 0 aliphatic heterocycles. The van der Waals surface area contributed by atoms with Gasteiger partial charge < -0.3 is 16.4 Å². The molecule has 2 aromatic heterocycles. The summed E-state index contributed by atoms with van der Waals surface area (Å²) in [6, 6.07) is 6.32. The molecule has 0 fully saturated rings. The fourth-order valence-electron chi connectivity index (χ4n) is 1.85. The van der Waals surface area contributed by atoms with Crippen LogP contribution in [-0.2, 0) is 0 Å². The van der Waals surface area contributed by atoms with E-state index in [1.54, 1.807) is 11.3 Å². The average Bonchev–Trinajstić information content (AvgIpc) is 2.89. The van der Waals surface area contributed by atoms with E-state index >= 15 is 0 Å². The van der Waals surface area contributed by atoms with Gasteiger partial charge in [0.25, 0.3) is 0 Å². The Bertz CT molecular complexity index is 512. The number of thiophene rings is 1. The van der Waals surface area contributed by atoms with E-state index in [1.165, 1.54) is 4.88 Å². The van der Waals surface area contributed by atoms with Gasteiger partial charge in [0.05, 0.1) is 6.04 Å². The Morgan fingerprint density at radius 1 is 1.32 bits per heavy atom. The highest BCUT2D eigenvalue weighted by Crippen LogP contribution is 2.26. The van der Waals surface area contributed by atoms with Gasteiger partial charge in [-0.2, -0.15) is 9.97 Å². The molecule has 0 saturated heterocycles. The lowest BCUT2D eigenvalue weighted by atomic mass is 10.2. The lowest BCUT2D eigenvalue weighted by molar-refractivity contribution is 0.758. The van der Waals surface area contributed by atoms with Crippen molar-refractivity contribution in [3.8, 4) is 0 Å². The van der Waals surface area contributed by atoms with Crippen LogP contribution >= 0.6 is 11.3 Å². The SMILES string of the molecule is CCNc1cc(NC(CC)c2cccs2)nc(N)n1. The molecule has 6 heteroatoms. The fourth-order valence-corrected chi connectivity index (χ4v) is 2.72. The van der Waals surface area contributed by atoms with Gasteiger partial charge in [0.1, 0.15) is 11.6 Å². The maximum Gasteiger partial charge on any atom is 0.223 e. The molecule has 19 heavy (non-hydrogen) atoms. The summed E-state index contributed by atoms with van der Waals surface area (Å²) in [5.41, 5.74) is 5.73. The molecular formula is C13H19N5S. The summed E-state index contributed by atoms with van der Waals surface area (Å²) < 4.78 is 0. The number of anilines is 3. The van der Waals surface area contributed by atoms with Crippen LogP contribution in [-0.4, -0.2) is 16.5 Å². The van der Waals surface area contributed by atoms with Crippen LogP contribution in [0.25, 0.3) is 0 Å². The van der Waals surface area contributed by atoms with E-state index in [-0.39, 0.29) is 12.0 Å². The molecule has 102 valence electrons. The first-order valence-electron chi connectivity index (χ1n) is 6.41. The maximum absolute atomic E-state index is 5.73. The number of aromatic nitrogens is 2. The third kappa shape index (κ3) is 3.57. The van der Waals surface area contributed by atoms with Crippen molar-refractivity contribution in [1.82, 2.24) is 9.97 Å². The number of hydrogen-bond donors (Lipinski definition) is 3. The highest BCUT2D eigenvalue weighted by Gasteiger charge is 2.11. The first kappa shape index (κ1) is 13.6. The fraction of sp³-hybridized carbons (Fsp3) is 0.385. The highest BCUT2D eigenvalue weighted by molar-refractivity contribution is 7.10. The molecule has 2 aromatic rings. The molecule has 0 aromatic carbocycles. The summed E-state index contributed by atoms with van der Waals surface area (Å²) in [5.74, 6) is 1.78. The van der Waals surface area contributed by atoms with Crippen LogP contribution in [0.15, 0.2) is 23.6 Å². The number of nitrogens with one attached hydrogen (secondary N) is 2. The van der Waals surface area contributed by atoms with Gasteiger partial charge in [0.15, 0.2) is 0 Å². The number of nitrogen functional groups attached to an aromatic ring is 1. The number of nitrogens with two attached hydrogens (primary N) is 1. The minimum Gasteiger partial charge on any atom is -0.370 e. The van der Waals surface area contributed by atoms with Crippen LogP contribution < -0.4 is 16.4 Å². The lowest BCUT2D eigenvalue weighted by Crippen LogP contribution is -2.12. The van der Waals surface area contributed by atoms with Crippen LogP contribution in [0, 0.1) is 0 Å². The Morgan fingerprint density at radius 2 is 2.11 bits per heavy atom. The molecule has 0 amide bonds. The molecule has 1 atom stereocenters. The predicted molar refractivity (Wildman–Crippen MR) is 81.6 cm³/mol. The second-order valence-corrected chi connectivity index (χ2v) is 5.13. The zero-order chi connectivity index (χ0) is 13.7. The third-order valence-corrected chi connectivity index (χ3v) is 3.70. The van der Waals surface area contributed by atoms with Gasteiger partial charge in [0, 0.05) is 17.5 Å². The van der Waals surface area contributed by atoms with Crippen LogP contribution in [0.2, 0.25) is 0 Å². The van der Waals surface area contributed by atoms with Crippen LogP contribution in [0.5, 0.6) is 0 Å². The van der Waals surface area contributed by atoms with E-state index < -0.39 is 0 Å². The van der Waals surface area contributed by atoms with Crippen molar-refractivity contribution in [3.63, 3.8) is 0 Å². The molecule has 2 rings (SSSR count). The average molecular weight is 277 g/mol. The van der Waals surface area contributed by atoms with E-state index in [9.17, 15) is 0 Å². The Hall–Kier alpha value is -1.82. The molecule has 0 saturated carbocycles. The van der Waals surface area contributed by atoms with E-state index in [0.717, 1.165) is 24.6 Å². The van der Waals surface area contributed by atoms with Gasteiger partial charge in [-0.25, -0.2) is 0 Å². The molecule has 1 unspecified atom stereocenters. The van der Waals surface area contributed by atoms with Gasteiger partial charge in [-0.1, -0.05) is 13.0 Å². The van der Waals surface area contributed by atoms with Crippen LogP contribution in [0.3, 0.4) is 0 Å². The molecule has 0 aliphatic carbocycles. The summed E-state index contributed by atoms with van der Waals surface area (Å²) in [6.45, 7) is 4.97. The minimum atomic E-state index is 0.253. The van der Waals surface area contributed by atoms with Crippen molar-refractivity contribution in [2.45, 2.75) is 26.3 Å². The topological polar surface area (TPSA) is 75.9 Å². The Balaban J connectivity index is 2.17. The zero-order valence-electron chi connectivity index (χ0n) is 11.2. The summed E-state index contributed by atoms with van der Waals surface area (Å²) in [5, 5.41) is 8.64. The Morgan fingerprint density at radius 3 is 2.74 bits per heavy atom. The third-order valence-electron chi connectivity index (χ3n) is 2.72. The monoisotopic (exact) mass is 277 g/mol. The summed E-state index contributed by atoms with van der Waals surface area (Å²) in [4.78, 5) is 9.67. The smallest absolute Gasteiger partial charge is 0.223 e. The molecule has 0 aliphatic rings. The summed E-state index contributed by atoms with van der Waals surface area (Å²) >= 11 is 1.74. The second kappa shape index (κ2) is 6.38. The van der Waals surface area contributed by atoms with Crippen LogP contribution in [0.1, 0.15) is 31.2 Å².